The lowest BCUT2D eigenvalue weighted by molar-refractivity contribution is 0.101. The lowest BCUT2D eigenvalue weighted by atomic mass is 10.1. The molecule has 0 aliphatic heterocycles. The second-order valence-corrected chi connectivity index (χ2v) is 9.80. The minimum absolute atomic E-state index is 0.00600. The van der Waals surface area contributed by atoms with Crippen LogP contribution in [0.4, 0.5) is 0 Å². The van der Waals surface area contributed by atoms with Crippen LogP contribution in [0.1, 0.15) is 33.6 Å². The molecule has 0 radical (unpaired) electrons. The van der Waals surface area contributed by atoms with E-state index in [0.29, 0.717) is 42.7 Å². The Hall–Kier alpha value is -0.360. The maximum atomic E-state index is 12.2. The fourth-order valence-electron chi connectivity index (χ4n) is 2.32. The molecule has 0 saturated carbocycles. The molecule has 0 fully saturated rings. The van der Waals surface area contributed by atoms with Gasteiger partial charge in [-0.2, -0.15) is 23.5 Å². The number of benzene rings is 2. The topological polar surface area (TPSA) is 34.1 Å². The third-order valence-electron chi connectivity index (χ3n) is 3.76. The molecule has 8 heteroatoms. The van der Waals surface area contributed by atoms with Gasteiger partial charge in [-0.15, -0.1) is 0 Å². The van der Waals surface area contributed by atoms with E-state index in [1.165, 1.54) is 0 Å². The van der Waals surface area contributed by atoms with Crippen molar-refractivity contribution in [3.63, 3.8) is 0 Å². The van der Waals surface area contributed by atoms with Gasteiger partial charge in [0.05, 0.1) is 21.6 Å². The van der Waals surface area contributed by atoms with E-state index in [4.69, 9.17) is 46.4 Å². The van der Waals surface area contributed by atoms with Gasteiger partial charge in [-0.3, -0.25) is 9.59 Å². The van der Waals surface area contributed by atoms with Crippen LogP contribution < -0.4 is 0 Å². The van der Waals surface area contributed by atoms with Crippen LogP contribution in [-0.2, 0) is 0 Å². The molecule has 0 aromatic heterocycles. The number of halogens is 4. The molecule has 2 aromatic rings. The van der Waals surface area contributed by atoms with Crippen molar-refractivity contribution in [3.05, 3.63) is 67.6 Å². The average Bonchev–Trinajstić information content (AvgIpc) is 2.63. The molecule has 0 aliphatic carbocycles. The van der Waals surface area contributed by atoms with Crippen LogP contribution in [0, 0.1) is 0 Å². The highest BCUT2D eigenvalue weighted by molar-refractivity contribution is 8.00. The number of hydrogen-bond donors (Lipinski definition) is 0. The van der Waals surface area contributed by atoms with Crippen molar-refractivity contribution in [1.29, 1.82) is 0 Å². The maximum Gasteiger partial charge on any atom is 0.174 e. The first-order chi connectivity index (χ1) is 13.4. The van der Waals surface area contributed by atoms with Crippen molar-refractivity contribution in [1.82, 2.24) is 0 Å². The van der Waals surface area contributed by atoms with Crippen LogP contribution in [-0.4, -0.2) is 34.6 Å². The number of Topliss-reactive ketones (excluding diaryl/α,β-unsaturated/α-hetero) is 2. The Bertz CT molecular complexity index is 773. The molecule has 0 heterocycles. The predicted octanol–water partition coefficient (Wildman–Crippen LogP) is 7.61. The van der Waals surface area contributed by atoms with E-state index < -0.39 is 0 Å². The van der Waals surface area contributed by atoms with E-state index in [1.807, 2.05) is 0 Å². The lowest BCUT2D eigenvalue weighted by Gasteiger charge is -2.05. The number of thioether (sulfide) groups is 2. The number of rotatable bonds is 11. The first-order valence-electron chi connectivity index (χ1n) is 8.50. The smallest absolute Gasteiger partial charge is 0.174 e. The monoisotopic (exact) mass is 494 g/mol. The summed E-state index contributed by atoms with van der Waals surface area (Å²) in [7, 11) is 0. The van der Waals surface area contributed by atoms with Crippen LogP contribution in [0.15, 0.2) is 36.4 Å². The SMILES string of the molecule is O=C(CSCCCCSCC(=O)c1ccc(Cl)cc1Cl)c1ccc(Cl)cc1Cl. The third-order valence-corrected chi connectivity index (χ3v) is 6.94. The summed E-state index contributed by atoms with van der Waals surface area (Å²) in [5.41, 5.74) is 1.02. The van der Waals surface area contributed by atoms with Crippen molar-refractivity contribution in [3.8, 4) is 0 Å². The Balaban J connectivity index is 1.58. The first-order valence-corrected chi connectivity index (χ1v) is 12.3. The van der Waals surface area contributed by atoms with Gasteiger partial charge in [-0.1, -0.05) is 46.4 Å². The normalized spacial score (nSPS) is 10.9. The Morgan fingerprint density at radius 1 is 0.679 bits per heavy atom. The summed E-state index contributed by atoms with van der Waals surface area (Å²) in [6.07, 6.45) is 1.96. The Labute approximate surface area is 193 Å². The molecule has 0 aliphatic rings. The molecule has 0 N–H and O–H groups in total. The van der Waals surface area contributed by atoms with Gasteiger partial charge in [0, 0.05) is 21.2 Å². The lowest BCUT2D eigenvalue weighted by Crippen LogP contribution is -2.04. The van der Waals surface area contributed by atoms with Crippen molar-refractivity contribution >= 4 is 81.5 Å². The average molecular weight is 496 g/mol. The van der Waals surface area contributed by atoms with Gasteiger partial charge in [0.15, 0.2) is 11.6 Å². The number of carbonyl (C=O) groups is 2. The summed E-state index contributed by atoms with van der Waals surface area (Å²) >= 11 is 27.0. The van der Waals surface area contributed by atoms with E-state index in [1.54, 1.807) is 59.9 Å². The molecule has 0 bridgehead atoms. The van der Waals surface area contributed by atoms with Crippen molar-refractivity contribution in [2.45, 2.75) is 12.8 Å². The van der Waals surface area contributed by atoms with Gasteiger partial charge in [0.1, 0.15) is 0 Å². The molecule has 0 spiro atoms. The number of unbranched alkanes of at least 4 members (excludes halogenated alkanes) is 1. The quantitative estimate of drug-likeness (QED) is 0.237. The number of ketones is 2. The molecule has 28 heavy (non-hydrogen) atoms. The molecule has 0 amide bonds. The second-order valence-electron chi connectivity index (χ2n) is 5.91. The summed E-state index contributed by atoms with van der Waals surface area (Å²) < 4.78 is 0. The summed E-state index contributed by atoms with van der Waals surface area (Å²) in [4.78, 5) is 24.3. The van der Waals surface area contributed by atoms with Crippen LogP contribution in [0.2, 0.25) is 20.1 Å². The molecular weight excluding hydrogens is 478 g/mol. The van der Waals surface area contributed by atoms with E-state index in [9.17, 15) is 9.59 Å². The van der Waals surface area contributed by atoms with Gasteiger partial charge < -0.3 is 0 Å². The van der Waals surface area contributed by atoms with Gasteiger partial charge in [-0.25, -0.2) is 0 Å². The Kier molecular flexibility index (Phi) is 10.6. The molecule has 150 valence electrons. The highest BCUT2D eigenvalue weighted by atomic mass is 35.5. The van der Waals surface area contributed by atoms with E-state index in [2.05, 4.69) is 0 Å². The fraction of sp³-hybridized carbons (Fsp3) is 0.300. The van der Waals surface area contributed by atoms with E-state index in [-0.39, 0.29) is 11.6 Å². The molecule has 0 atom stereocenters. The molecule has 2 nitrogen and oxygen atoms in total. The molecule has 2 rings (SSSR count). The van der Waals surface area contributed by atoms with Crippen LogP contribution >= 0.6 is 69.9 Å². The zero-order chi connectivity index (χ0) is 20.5. The highest BCUT2D eigenvalue weighted by Crippen LogP contribution is 2.24. The van der Waals surface area contributed by atoms with Gasteiger partial charge in [-0.05, 0) is 60.7 Å². The van der Waals surface area contributed by atoms with Crippen LogP contribution in [0.3, 0.4) is 0 Å². The highest BCUT2D eigenvalue weighted by Gasteiger charge is 2.12. The minimum Gasteiger partial charge on any atom is -0.293 e. The van der Waals surface area contributed by atoms with Crippen molar-refractivity contribution in [2.24, 2.45) is 0 Å². The second kappa shape index (κ2) is 12.4. The first kappa shape index (κ1) is 23.9. The zero-order valence-electron chi connectivity index (χ0n) is 14.9. The Morgan fingerprint density at radius 3 is 1.43 bits per heavy atom. The third kappa shape index (κ3) is 7.81. The maximum absolute atomic E-state index is 12.2. The van der Waals surface area contributed by atoms with E-state index >= 15 is 0 Å². The Morgan fingerprint density at radius 2 is 1.07 bits per heavy atom. The summed E-state index contributed by atoms with van der Waals surface area (Å²) in [6, 6.07) is 9.82. The fourth-order valence-corrected chi connectivity index (χ4v) is 5.14. The van der Waals surface area contributed by atoms with Crippen LogP contribution in [0.5, 0.6) is 0 Å². The standard InChI is InChI=1S/C20H18Cl4O2S2/c21-13-3-5-15(17(23)9-13)19(25)11-27-7-1-2-8-28-12-20(26)16-6-4-14(22)10-18(16)24/h3-6,9-10H,1-2,7-8,11-12H2. The molecule has 0 unspecified atom stereocenters. The minimum atomic E-state index is 0.00600. The van der Waals surface area contributed by atoms with Gasteiger partial charge in [0.25, 0.3) is 0 Å². The van der Waals surface area contributed by atoms with Gasteiger partial charge >= 0.3 is 0 Å². The van der Waals surface area contributed by atoms with Gasteiger partial charge in [0.2, 0.25) is 0 Å². The molecule has 2 aromatic carbocycles. The largest absolute Gasteiger partial charge is 0.293 e. The summed E-state index contributed by atoms with van der Waals surface area (Å²) in [5, 5.41) is 1.81. The predicted molar refractivity (Wildman–Crippen MR) is 125 cm³/mol. The van der Waals surface area contributed by atoms with Crippen molar-refractivity contribution < 1.29 is 9.59 Å². The summed E-state index contributed by atoms with van der Waals surface area (Å²) in [5.74, 6) is 2.56. The number of hydrogen-bond acceptors (Lipinski definition) is 4. The molecule has 0 saturated heterocycles. The van der Waals surface area contributed by atoms with Crippen molar-refractivity contribution in [2.75, 3.05) is 23.0 Å². The number of carbonyl (C=O) groups excluding carboxylic acids is 2. The van der Waals surface area contributed by atoms with E-state index in [0.717, 1.165) is 24.3 Å². The van der Waals surface area contributed by atoms with Crippen LogP contribution in [0.25, 0.3) is 0 Å². The summed E-state index contributed by atoms with van der Waals surface area (Å²) in [6.45, 7) is 0. The zero-order valence-corrected chi connectivity index (χ0v) is 19.5. The molecular formula is C20H18Cl4O2S2.